The van der Waals surface area contributed by atoms with Gasteiger partial charge in [0.2, 0.25) is 0 Å². The Balaban J connectivity index is 1.72. The third-order valence-electron chi connectivity index (χ3n) is 3.63. The normalized spacial score (nSPS) is 13.7. The second-order valence-corrected chi connectivity index (χ2v) is 5.78. The summed E-state index contributed by atoms with van der Waals surface area (Å²) in [5, 5.41) is 3.47. The number of benzene rings is 2. The van der Waals surface area contributed by atoms with Crippen molar-refractivity contribution in [3.63, 3.8) is 0 Å². The highest BCUT2D eigenvalue weighted by molar-refractivity contribution is 7.80. The van der Waals surface area contributed by atoms with Crippen LogP contribution in [0.2, 0.25) is 0 Å². The Morgan fingerprint density at radius 2 is 1.77 bits per heavy atom. The van der Waals surface area contributed by atoms with Gasteiger partial charge in [0, 0.05) is 12.6 Å². The molecule has 0 radical (unpaired) electrons. The number of thiocarbonyl (C=S) groups is 1. The summed E-state index contributed by atoms with van der Waals surface area (Å²) in [5.74, 6) is -0.587. The van der Waals surface area contributed by atoms with Gasteiger partial charge in [-0.25, -0.2) is 8.78 Å². The second-order valence-electron chi connectivity index (χ2n) is 5.40. The van der Waals surface area contributed by atoms with Crippen LogP contribution in [0.25, 0.3) is 0 Å². The lowest BCUT2D eigenvalue weighted by molar-refractivity contribution is 0.409. The van der Waals surface area contributed by atoms with E-state index in [2.05, 4.69) is 5.32 Å². The largest absolute Gasteiger partial charge is 0.342 e. The molecule has 1 fully saturated rings. The molecule has 3 rings (SSSR count). The zero-order valence-corrected chi connectivity index (χ0v) is 12.7. The summed E-state index contributed by atoms with van der Waals surface area (Å²) >= 11 is 5.43. The van der Waals surface area contributed by atoms with Crippen molar-refractivity contribution < 1.29 is 8.78 Å². The summed E-state index contributed by atoms with van der Waals surface area (Å²) in [6.07, 6.45) is 2.14. The second kappa shape index (κ2) is 6.40. The molecule has 0 heterocycles. The van der Waals surface area contributed by atoms with Crippen molar-refractivity contribution in [1.29, 1.82) is 0 Å². The van der Waals surface area contributed by atoms with Gasteiger partial charge in [0.05, 0.1) is 5.69 Å². The van der Waals surface area contributed by atoms with Gasteiger partial charge in [0.25, 0.3) is 0 Å². The monoisotopic (exact) mass is 318 g/mol. The minimum absolute atomic E-state index is 0.256. The molecule has 5 heteroatoms. The van der Waals surface area contributed by atoms with Crippen molar-refractivity contribution in [1.82, 2.24) is 4.90 Å². The SMILES string of the molecule is Fc1ccc(CN(C(=S)Nc2ccccc2F)C2CC2)cc1. The van der Waals surface area contributed by atoms with Crippen molar-refractivity contribution in [2.75, 3.05) is 5.32 Å². The fourth-order valence-corrected chi connectivity index (χ4v) is 2.61. The van der Waals surface area contributed by atoms with Gasteiger partial charge in [-0.3, -0.25) is 0 Å². The van der Waals surface area contributed by atoms with E-state index < -0.39 is 0 Å². The molecule has 1 aliphatic carbocycles. The van der Waals surface area contributed by atoms with Crippen LogP contribution in [0.15, 0.2) is 48.5 Å². The minimum atomic E-state index is -0.331. The van der Waals surface area contributed by atoms with Gasteiger partial charge in [-0.15, -0.1) is 0 Å². The number of hydrogen-bond acceptors (Lipinski definition) is 1. The van der Waals surface area contributed by atoms with E-state index in [1.165, 1.54) is 18.2 Å². The van der Waals surface area contributed by atoms with Crippen molar-refractivity contribution in [3.8, 4) is 0 Å². The average molecular weight is 318 g/mol. The lowest BCUT2D eigenvalue weighted by Crippen LogP contribution is -2.36. The molecule has 114 valence electrons. The quantitative estimate of drug-likeness (QED) is 0.845. The predicted molar refractivity (Wildman–Crippen MR) is 87.6 cm³/mol. The molecule has 1 N–H and O–H groups in total. The van der Waals surface area contributed by atoms with E-state index in [1.807, 2.05) is 4.90 Å². The molecular weight excluding hydrogens is 302 g/mol. The summed E-state index contributed by atoms with van der Waals surface area (Å²) in [4.78, 5) is 2.04. The molecule has 22 heavy (non-hydrogen) atoms. The number of nitrogens with zero attached hydrogens (tertiary/aromatic N) is 1. The molecule has 2 aromatic rings. The first-order valence-corrected chi connectivity index (χ1v) is 7.61. The van der Waals surface area contributed by atoms with E-state index in [4.69, 9.17) is 12.2 Å². The Bertz CT molecular complexity index is 669. The van der Waals surface area contributed by atoms with Gasteiger partial charge in [-0.1, -0.05) is 24.3 Å². The third-order valence-corrected chi connectivity index (χ3v) is 3.97. The Morgan fingerprint density at radius 3 is 2.41 bits per heavy atom. The van der Waals surface area contributed by atoms with Gasteiger partial charge in [-0.05, 0) is 54.9 Å². The maximum atomic E-state index is 13.7. The zero-order chi connectivity index (χ0) is 15.5. The summed E-state index contributed by atoms with van der Waals surface area (Å²) in [6.45, 7) is 0.589. The number of hydrogen-bond donors (Lipinski definition) is 1. The highest BCUT2D eigenvalue weighted by Crippen LogP contribution is 2.29. The van der Waals surface area contributed by atoms with Crippen molar-refractivity contribution in [2.45, 2.75) is 25.4 Å². The van der Waals surface area contributed by atoms with Crippen LogP contribution in [-0.2, 0) is 6.54 Å². The lowest BCUT2D eigenvalue weighted by atomic mass is 10.2. The number of halogens is 2. The lowest BCUT2D eigenvalue weighted by Gasteiger charge is -2.26. The first kappa shape index (κ1) is 14.9. The van der Waals surface area contributed by atoms with Crippen LogP contribution >= 0.6 is 12.2 Å². The van der Waals surface area contributed by atoms with Crippen LogP contribution < -0.4 is 5.32 Å². The molecule has 0 aliphatic heterocycles. The molecule has 0 spiro atoms. The first-order chi connectivity index (χ1) is 10.6. The molecule has 2 nitrogen and oxygen atoms in total. The van der Waals surface area contributed by atoms with Gasteiger partial charge >= 0.3 is 0 Å². The van der Waals surface area contributed by atoms with Crippen molar-refractivity contribution in [2.24, 2.45) is 0 Å². The predicted octanol–water partition coefficient (Wildman–Crippen LogP) is 4.33. The molecule has 0 aromatic heterocycles. The molecule has 0 bridgehead atoms. The number of anilines is 1. The average Bonchev–Trinajstić information content (AvgIpc) is 3.33. The molecule has 0 amide bonds. The van der Waals surface area contributed by atoms with Crippen molar-refractivity contribution >= 4 is 23.0 Å². The molecule has 1 saturated carbocycles. The Kier molecular flexibility index (Phi) is 4.34. The number of para-hydroxylation sites is 1. The van der Waals surface area contributed by atoms with Crippen molar-refractivity contribution in [3.05, 3.63) is 65.7 Å². The van der Waals surface area contributed by atoms with Crippen LogP contribution in [-0.4, -0.2) is 16.1 Å². The minimum Gasteiger partial charge on any atom is -0.342 e. The van der Waals surface area contributed by atoms with Gasteiger partial charge in [0.1, 0.15) is 11.6 Å². The van der Waals surface area contributed by atoms with E-state index in [0.717, 1.165) is 18.4 Å². The fourth-order valence-electron chi connectivity index (χ4n) is 2.29. The van der Waals surface area contributed by atoms with Crippen LogP contribution in [0.4, 0.5) is 14.5 Å². The van der Waals surface area contributed by atoms with Gasteiger partial charge < -0.3 is 10.2 Å². The van der Waals surface area contributed by atoms with Crippen LogP contribution in [0.1, 0.15) is 18.4 Å². The van der Waals surface area contributed by atoms with Gasteiger partial charge in [0.15, 0.2) is 5.11 Å². The summed E-state index contributed by atoms with van der Waals surface area (Å²) in [7, 11) is 0. The fraction of sp³-hybridized carbons (Fsp3) is 0.235. The Labute approximate surface area is 133 Å². The molecule has 2 aromatic carbocycles. The molecule has 0 atom stereocenters. The van der Waals surface area contributed by atoms with E-state index in [9.17, 15) is 8.78 Å². The summed E-state index contributed by atoms with van der Waals surface area (Å²) in [5.41, 5.74) is 1.35. The molecule has 0 saturated heterocycles. The van der Waals surface area contributed by atoms with Crippen LogP contribution in [0, 0.1) is 11.6 Å². The Hall–Kier alpha value is -2.01. The van der Waals surface area contributed by atoms with Crippen LogP contribution in [0.3, 0.4) is 0 Å². The first-order valence-electron chi connectivity index (χ1n) is 7.20. The highest BCUT2D eigenvalue weighted by Gasteiger charge is 2.31. The van der Waals surface area contributed by atoms with Gasteiger partial charge in [-0.2, -0.15) is 0 Å². The van der Waals surface area contributed by atoms with E-state index in [1.54, 1.807) is 30.3 Å². The molecule has 0 unspecified atom stereocenters. The van der Waals surface area contributed by atoms with E-state index >= 15 is 0 Å². The maximum Gasteiger partial charge on any atom is 0.174 e. The number of nitrogens with one attached hydrogen (secondary N) is 1. The summed E-state index contributed by atoms with van der Waals surface area (Å²) in [6, 6.07) is 13.2. The summed E-state index contributed by atoms with van der Waals surface area (Å²) < 4.78 is 26.7. The van der Waals surface area contributed by atoms with Crippen LogP contribution in [0.5, 0.6) is 0 Å². The highest BCUT2D eigenvalue weighted by atomic mass is 32.1. The van der Waals surface area contributed by atoms with E-state index in [0.29, 0.717) is 23.4 Å². The molecule has 1 aliphatic rings. The molecular formula is C17H16F2N2S. The smallest absolute Gasteiger partial charge is 0.174 e. The Morgan fingerprint density at radius 1 is 1.09 bits per heavy atom. The number of rotatable bonds is 4. The topological polar surface area (TPSA) is 15.3 Å². The van der Waals surface area contributed by atoms with E-state index in [-0.39, 0.29) is 11.6 Å². The maximum absolute atomic E-state index is 13.7. The standard InChI is InChI=1S/C17H16F2N2S/c18-13-7-5-12(6-8-13)11-21(14-9-10-14)17(22)20-16-4-2-1-3-15(16)19/h1-8,14H,9-11H2,(H,20,22). The zero-order valence-electron chi connectivity index (χ0n) is 11.9. The third kappa shape index (κ3) is 3.60.